The molecule has 1 atom stereocenters. The van der Waals surface area contributed by atoms with Crippen molar-refractivity contribution < 1.29 is 23.1 Å². The first kappa shape index (κ1) is 15.8. The monoisotopic (exact) mass is 313 g/mol. The van der Waals surface area contributed by atoms with E-state index in [0.717, 1.165) is 4.31 Å². The van der Waals surface area contributed by atoms with Crippen LogP contribution >= 0.6 is 0 Å². The summed E-state index contributed by atoms with van der Waals surface area (Å²) in [4.78, 5) is 11.2. The van der Waals surface area contributed by atoms with Gasteiger partial charge in [0.2, 0.25) is 10.0 Å². The van der Waals surface area contributed by atoms with Crippen molar-refractivity contribution in [1.29, 1.82) is 0 Å². The van der Waals surface area contributed by atoms with Gasteiger partial charge in [-0.3, -0.25) is 4.79 Å². The highest BCUT2D eigenvalue weighted by Crippen LogP contribution is 2.27. The van der Waals surface area contributed by atoms with E-state index in [4.69, 9.17) is 9.84 Å². The molecule has 21 heavy (non-hydrogen) atoms. The van der Waals surface area contributed by atoms with Crippen molar-refractivity contribution in [2.24, 2.45) is 0 Å². The molecule has 1 fully saturated rings. The number of nitrogens with zero attached hydrogens (tertiary/aromatic N) is 1. The Hall–Kier alpha value is -1.60. The summed E-state index contributed by atoms with van der Waals surface area (Å²) < 4.78 is 31.5. The Labute approximate surface area is 124 Å². The summed E-state index contributed by atoms with van der Waals surface area (Å²) >= 11 is 0. The molecule has 1 aromatic carbocycles. The van der Waals surface area contributed by atoms with E-state index in [-0.39, 0.29) is 17.5 Å². The van der Waals surface area contributed by atoms with Gasteiger partial charge in [-0.1, -0.05) is 0 Å². The number of carbonyl (C=O) groups is 1. The van der Waals surface area contributed by atoms with Crippen molar-refractivity contribution in [1.82, 2.24) is 4.31 Å². The normalized spacial score (nSPS) is 19.9. The van der Waals surface area contributed by atoms with Crippen LogP contribution in [-0.4, -0.2) is 42.5 Å². The molecule has 0 spiro atoms. The second kappa shape index (κ2) is 6.03. The highest BCUT2D eigenvalue weighted by atomic mass is 32.2. The molecule has 1 heterocycles. The Kier molecular flexibility index (Phi) is 4.53. The van der Waals surface area contributed by atoms with E-state index in [1.807, 2.05) is 13.8 Å². The van der Waals surface area contributed by atoms with E-state index in [2.05, 4.69) is 0 Å². The molecule has 0 amide bonds. The van der Waals surface area contributed by atoms with Gasteiger partial charge in [0, 0.05) is 6.54 Å². The first-order valence-electron chi connectivity index (χ1n) is 6.84. The number of carboxylic acid groups (broad SMARTS) is 1. The fraction of sp³-hybridized carbons (Fsp3) is 0.500. The van der Waals surface area contributed by atoms with Gasteiger partial charge in [-0.25, -0.2) is 8.42 Å². The largest absolute Gasteiger partial charge is 0.491 e. The van der Waals surface area contributed by atoms with Crippen LogP contribution in [-0.2, 0) is 14.8 Å². The summed E-state index contributed by atoms with van der Waals surface area (Å²) in [6.07, 6.45) is 0.913. The maximum Gasteiger partial charge on any atom is 0.322 e. The second-order valence-electron chi connectivity index (χ2n) is 5.25. The van der Waals surface area contributed by atoms with Crippen molar-refractivity contribution in [2.75, 3.05) is 6.54 Å². The van der Waals surface area contributed by atoms with Crippen LogP contribution in [0.25, 0.3) is 0 Å². The lowest BCUT2D eigenvalue weighted by Crippen LogP contribution is -2.40. The van der Waals surface area contributed by atoms with Gasteiger partial charge in [0.05, 0.1) is 11.0 Å². The Morgan fingerprint density at radius 1 is 1.33 bits per heavy atom. The first-order chi connectivity index (χ1) is 9.82. The lowest BCUT2D eigenvalue weighted by Gasteiger charge is -2.21. The molecular formula is C14H19NO5S. The smallest absolute Gasteiger partial charge is 0.322 e. The molecule has 1 aliphatic rings. The third-order valence-electron chi connectivity index (χ3n) is 3.29. The predicted molar refractivity (Wildman–Crippen MR) is 76.8 cm³/mol. The molecular weight excluding hydrogens is 294 g/mol. The van der Waals surface area contributed by atoms with Crippen LogP contribution in [0.3, 0.4) is 0 Å². The topological polar surface area (TPSA) is 83.9 Å². The molecule has 7 heteroatoms. The van der Waals surface area contributed by atoms with Gasteiger partial charge in [0.1, 0.15) is 11.8 Å². The summed E-state index contributed by atoms with van der Waals surface area (Å²) in [5, 5.41) is 9.11. The van der Waals surface area contributed by atoms with Crippen molar-refractivity contribution in [3.8, 4) is 5.75 Å². The molecule has 0 aliphatic carbocycles. The predicted octanol–water partition coefficient (Wildman–Crippen LogP) is 1.71. The molecule has 0 aromatic heterocycles. The number of carboxylic acids is 1. The average Bonchev–Trinajstić information content (AvgIpc) is 2.88. The number of benzene rings is 1. The molecule has 0 bridgehead atoms. The number of aliphatic carboxylic acids is 1. The van der Waals surface area contributed by atoms with E-state index < -0.39 is 22.0 Å². The zero-order valence-corrected chi connectivity index (χ0v) is 12.8. The Morgan fingerprint density at radius 3 is 2.48 bits per heavy atom. The van der Waals surface area contributed by atoms with Gasteiger partial charge < -0.3 is 9.84 Å². The fourth-order valence-electron chi connectivity index (χ4n) is 2.37. The summed E-state index contributed by atoms with van der Waals surface area (Å²) in [5.74, 6) is -0.518. The summed E-state index contributed by atoms with van der Waals surface area (Å²) in [7, 11) is -3.78. The molecule has 0 radical (unpaired) electrons. The third-order valence-corrected chi connectivity index (χ3v) is 5.21. The minimum Gasteiger partial charge on any atom is -0.491 e. The average molecular weight is 313 g/mol. The second-order valence-corrected chi connectivity index (χ2v) is 7.14. The molecule has 1 N–H and O–H groups in total. The summed E-state index contributed by atoms with van der Waals surface area (Å²) in [6.45, 7) is 4.00. The van der Waals surface area contributed by atoms with Crippen LogP contribution in [0.4, 0.5) is 0 Å². The zero-order chi connectivity index (χ0) is 15.6. The molecule has 0 saturated carbocycles. The number of sulfonamides is 1. The Morgan fingerprint density at radius 2 is 1.95 bits per heavy atom. The van der Waals surface area contributed by atoms with Gasteiger partial charge >= 0.3 is 5.97 Å². The Bertz CT molecular complexity index is 609. The van der Waals surface area contributed by atoms with Crippen molar-refractivity contribution in [2.45, 2.75) is 43.7 Å². The van der Waals surface area contributed by atoms with Crippen LogP contribution in [0.15, 0.2) is 29.2 Å². The van der Waals surface area contributed by atoms with Crippen LogP contribution in [0.1, 0.15) is 26.7 Å². The fourth-order valence-corrected chi connectivity index (χ4v) is 4.02. The minimum atomic E-state index is -3.78. The SMILES string of the molecule is CC(C)Oc1ccc(S(=O)(=O)N2CCCC2C(=O)O)cc1. The van der Waals surface area contributed by atoms with Gasteiger partial charge in [0.15, 0.2) is 0 Å². The van der Waals surface area contributed by atoms with Gasteiger partial charge in [0.25, 0.3) is 0 Å². The minimum absolute atomic E-state index is 0.00225. The van der Waals surface area contributed by atoms with Crippen LogP contribution in [0, 0.1) is 0 Å². The van der Waals surface area contributed by atoms with Crippen molar-refractivity contribution in [3.63, 3.8) is 0 Å². The van der Waals surface area contributed by atoms with E-state index in [9.17, 15) is 13.2 Å². The molecule has 1 unspecified atom stereocenters. The lowest BCUT2D eigenvalue weighted by molar-refractivity contribution is -0.140. The molecule has 2 rings (SSSR count). The number of rotatable bonds is 5. The van der Waals surface area contributed by atoms with E-state index >= 15 is 0 Å². The maximum absolute atomic E-state index is 12.5. The van der Waals surface area contributed by atoms with E-state index in [1.165, 1.54) is 12.1 Å². The quantitative estimate of drug-likeness (QED) is 0.894. The van der Waals surface area contributed by atoms with Gasteiger partial charge in [-0.15, -0.1) is 0 Å². The zero-order valence-electron chi connectivity index (χ0n) is 12.0. The molecule has 1 aromatic rings. The third kappa shape index (κ3) is 3.36. The number of hydrogen-bond donors (Lipinski definition) is 1. The summed E-state index contributed by atoms with van der Waals surface area (Å²) in [6, 6.07) is 5.09. The van der Waals surface area contributed by atoms with Crippen molar-refractivity contribution >= 4 is 16.0 Å². The molecule has 6 nitrogen and oxygen atoms in total. The van der Waals surface area contributed by atoms with Crippen LogP contribution in [0.5, 0.6) is 5.75 Å². The van der Waals surface area contributed by atoms with E-state index in [0.29, 0.717) is 18.6 Å². The summed E-state index contributed by atoms with van der Waals surface area (Å²) in [5.41, 5.74) is 0. The van der Waals surface area contributed by atoms with Crippen LogP contribution < -0.4 is 4.74 Å². The van der Waals surface area contributed by atoms with Crippen LogP contribution in [0.2, 0.25) is 0 Å². The molecule has 1 saturated heterocycles. The Balaban J connectivity index is 2.25. The standard InChI is InChI=1S/C14H19NO5S/c1-10(2)20-11-5-7-12(8-6-11)21(18,19)15-9-3-4-13(15)14(16)17/h5-8,10,13H,3-4,9H2,1-2H3,(H,16,17). The maximum atomic E-state index is 12.5. The highest BCUT2D eigenvalue weighted by Gasteiger charge is 2.39. The van der Waals surface area contributed by atoms with Gasteiger partial charge in [-0.05, 0) is 51.0 Å². The molecule has 1 aliphatic heterocycles. The molecule has 116 valence electrons. The number of ether oxygens (including phenoxy) is 1. The van der Waals surface area contributed by atoms with Crippen molar-refractivity contribution in [3.05, 3.63) is 24.3 Å². The number of hydrogen-bond acceptors (Lipinski definition) is 4. The first-order valence-corrected chi connectivity index (χ1v) is 8.28. The highest BCUT2D eigenvalue weighted by molar-refractivity contribution is 7.89. The lowest BCUT2D eigenvalue weighted by atomic mass is 10.2. The van der Waals surface area contributed by atoms with E-state index in [1.54, 1.807) is 12.1 Å². The van der Waals surface area contributed by atoms with Gasteiger partial charge in [-0.2, -0.15) is 4.31 Å².